The van der Waals surface area contributed by atoms with Crippen molar-refractivity contribution in [1.29, 1.82) is 0 Å². The molecule has 7 nitrogen and oxygen atoms in total. The molecule has 30 heavy (non-hydrogen) atoms. The van der Waals surface area contributed by atoms with Gasteiger partial charge in [0.25, 0.3) is 0 Å². The molecule has 0 saturated carbocycles. The summed E-state index contributed by atoms with van der Waals surface area (Å²) in [5.74, 6) is 4.27. The molecule has 2 aromatic rings. The van der Waals surface area contributed by atoms with Gasteiger partial charge in [-0.05, 0) is 25.3 Å². The van der Waals surface area contributed by atoms with Gasteiger partial charge in [-0.2, -0.15) is 0 Å². The van der Waals surface area contributed by atoms with Gasteiger partial charge in [-0.3, -0.25) is 0 Å². The molecule has 0 bridgehead atoms. The van der Waals surface area contributed by atoms with Crippen molar-refractivity contribution >= 4 is 29.9 Å². The predicted octanol–water partition coefficient (Wildman–Crippen LogP) is 4.13. The Bertz CT molecular complexity index is 820. The largest absolute Gasteiger partial charge is 0.493 e. The van der Waals surface area contributed by atoms with Crippen molar-refractivity contribution in [2.75, 3.05) is 13.2 Å². The zero-order valence-electron chi connectivity index (χ0n) is 18.5. The van der Waals surface area contributed by atoms with E-state index in [9.17, 15) is 0 Å². The van der Waals surface area contributed by atoms with Gasteiger partial charge in [0.1, 0.15) is 18.1 Å². The number of hydrogen-bond acceptors (Lipinski definition) is 4. The first-order valence-corrected chi connectivity index (χ1v) is 10.7. The Kier molecular flexibility index (Phi) is 9.87. The lowest BCUT2D eigenvalue weighted by molar-refractivity contribution is 0.261. The molecule has 1 aromatic carbocycles. The van der Waals surface area contributed by atoms with Crippen LogP contribution in [0.5, 0.6) is 5.75 Å². The zero-order valence-corrected chi connectivity index (χ0v) is 20.8. The molecular formula is C22H35IN6O. The number of aryl methyl sites for hydroxylation is 1. The van der Waals surface area contributed by atoms with Crippen molar-refractivity contribution in [3.05, 3.63) is 41.5 Å². The summed E-state index contributed by atoms with van der Waals surface area (Å²) >= 11 is 0. The molecule has 8 heteroatoms. The van der Waals surface area contributed by atoms with Crippen molar-refractivity contribution in [2.45, 2.75) is 59.0 Å². The molecule has 0 radical (unpaired) electrons. The molecule has 1 atom stereocenters. The van der Waals surface area contributed by atoms with Crippen LogP contribution in [0.25, 0.3) is 0 Å². The number of benzene rings is 1. The van der Waals surface area contributed by atoms with Crippen molar-refractivity contribution < 1.29 is 4.74 Å². The van der Waals surface area contributed by atoms with E-state index in [1.165, 1.54) is 18.4 Å². The highest BCUT2D eigenvalue weighted by Gasteiger charge is 2.22. The summed E-state index contributed by atoms with van der Waals surface area (Å²) in [6, 6.07) is 8.41. The van der Waals surface area contributed by atoms with E-state index >= 15 is 0 Å². The summed E-state index contributed by atoms with van der Waals surface area (Å²) < 4.78 is 7.78. The summed E-state index contributed by atoms with van der Waals surface area (Å²) in [7, 11) is 1.97. The Morgan fingerprint density at radius 3 is 2.80 bits per heavy atom. The van der Waals surface area contributed by atoms with E-state index in [1.807, 2.05) is 30.7 Å². The maximum atomic E-state index is 5.80. The number of guanidine groups is 1. The van der Waals surface area contributed by atoms with E-state index in [1.54, 1.807) is 0 Å². The van der Waals surface area contributed by atoms with Gasteiger partial charge in [-0.1, -0.05) is 44.9 Å². The molecule has 0 spiro atoms. The van der Waals surface area contributed by atoms with E-state index < -0.39 is 0 Å². The molecule has 1 aliphatic heterocycles. The van der Waals surface area contributed by atoms with E-state index in [0.29, 0.717) is 13.2 Å². The lowest BCUT2D eigenvalue weighted by Crippen LogP contribution is -2.41. The highest BCUT2D eigenvalue weighted by molar-refractivity contribution is 14.0. The van der Waals surface area contributed by atoms with Gasteiger partial charge in [0.2, 0.25) is 0 Å². The topological polar surface area (TPSA) is 76.4 Å². The number of nitrogens with one attached hydrogen (secondary N) is 2. The van der Waals surface area contributed by atoms with Crippen LogP contribution in [0.15, 0.2) is 29.3 Å². The second-order valence-corrected chi connectivity index (χ2v) is 8.08. The molecule has 2 N–H and O–H groups in total. The lowest BCUT2D eigenvalue weighted by Gasteiger charge is -2.28. The maximum absolute atomic E-state index is 5.80. The van der Waals surface area contributed by atoms with Gasteiger partial charge in [0, 0.05) is 25.6 Å². The molecule has 0 amide bonds. The van der Waals surface area contributed by atoms with Gasteiger partial charge >= 0.3 is 0 Å². The first-order chi connectivity index (χ1) is 14.0. The minimum Gasteiger partial charge on any atom is -0.493 e. The van der Waals surface area contributed by atoms with Gasteiger partial charge in [0.05, 0.1) is 12.6 Å². The molecule has 166 valence electrons. The van der Waals surface area contributed by atoms with Gasteiger partial charge in [-0.15, -0.1) is 34.2 Å². The average molecular weight is 526 g/mol. The van der Waals surface area contributed by atoms with Crippen molar-refractivity contribution in [1.82, 2.24) is 25.4 Å². The van der Waals surface area contributed by atoms with E-state index in [4.69, 9.17) is 9.73 Å². The number of rotatable bonds is 8. The van der Waals surface area contributed by atoms with Crippen LogP contribution >= 0.6 is 24.0 Å². The van der Waals surface area contributed by atoms with Crippen LogP contribution in [0.2, 0.25) is 0 Å². The van der Waals surface area contributed by atoms with Crippen LogP contribution in [0.4, 0.5) is 0 Å². The van der Waals surface area contributed by atoms with Crippen LogP contribution in [-0.4, -0.2) is 33.9 Å². The number of ether oxygens (including phenoxy) is 1. The lowest BCUT2D eigenvalue weighted by atomic mass is 10.0. The predicted molar refractivity (Wildman–Crippen MR) is 131 cm³/mol. The Morgan fingerprint density at radius 2 is 2.07 bits per heavy atom. The van der Waals surface area contributed by atoms with E-state index in [-0.39, 0.29) is 30.0 Å². The zero-order chi connectivity index (χ0) is 20.6. The molecule has 1 aliphatic rings. The van der Waals surface area contributed by atoms with E-state index in [0.717, 1.165) is 48.7 Å². The quantitative estimate of drug-likeness (QED) is 0.234. The fourth-order valence-corrected chi connectivity index (χ4v) is 3.43. The fourth-order valence-electron chi connectivity index (χ4n) is 3.43. The molecule has 0 aliphatic carbocycles. The minimum absolute atomic E-state index is 0. The standard InChI is InChI=1S/C22H34N6O.HI/c1-16(2)9-7-8-13-23-22(24-15-21-27-26-17(3)28(21)4)25-19-12-14-29-20-11-6-5-10-18(19)20;/h5-6,10-11,16,19H,7-9,12-15H2,1-4H3,(H2,23,24,25);1H. The number of unbranched alkanes of at least 4 members (excludes halogenated alkanes) is 1. The number of nitrogens with zero attached hydrogens (tertiary/aromatic N) is 4. The summed E-state index contributed by atoms with van der Waals surface area (Å²) in [5, 5.41) is 15.5. The number of hydrogen-bond donors (Lipinski definition) is 2. The van der Waals surface area contributed by atoms with Gasteiger partial charge < -0.3 is 19.9 Å². The Morgan fingerprint density at radius 1 is 1.27 bits per heavy atom. The second kappa shape index (κ2) is 12.1. The fraction of sp³-hybridized carbons (Fsp3) is 0.591. The molecule has 3 rings (SSSR count). The molecule has 1 unspecified atom stereocenters. The van der Waals surface area contributed by atoms with Crippen LogP contribution < -0.4 is 15.4 Å². The summed E-state index contributed by atoms with van der Waals surface area (Å²) in [6.45, 7) is 8.59. The van der Waals surface area contributed by atoms with Crippen LogP contribution in [0, 0.1) is 12.8 Å². The number of aromatic nitrogens is 3. The van der Waals surface area contributed by atoms with Gasteiger partial charge in [-0.25, -0.2) is 4.99 Å². The molecule has 0 saturated heterocycles. The third-order valence-electron chi connectivity index (χ3n) is 5.33. The Balaban J connectivity index is 0.00000320. The van der Waals surface area contributed by atoms with Crippen molar-refractivity contribution in [3.63, 3.8) is 0 Å². The van der Waals surface area contributed by atoms with Crippen molar-refractivity contribution in [3.8, 4) is 5.75 Å². The Labute approximate surface area is 197 Å². The minimum atomic E-state index is 0. The SMILES string of the molecule is Cc1nnc(CN=C(NCCCCC(C)C)NC2CCOc3ccccc32)n1C.I. The normalized spacial score (nSPS) is 15.9. The maximum Gasteiger partial charge on any atom is 0.192 e. The smallest absolute Gasteiger partial charge is 0.192 e. The molecule has 2 heterocycles. The first kappa shape index (κ1) is 24.4. The molecular weight excluding hydrogens is 491 g/mol. The summed E-state index contributed by atoms with van der Waals surface area (Å²) in [4.78, 5) is 4.80. The van der Waals surface area contributed by atoms with Crippen LogP contribution in [0.1, 0.15) is 62.8 Å². The number of halogens is 1. The third-order valence-corrected chi connectivity index (χ3v) is 5.33. The van der Waals surface area contributed by atoms with E-state index in [2.05, 4.69) is 46.8 Å². The van der Waals surface area contributed by atoms with Crippen molar-refractivity contribution in [2.24, 2.45) is 18.0 Å². The average Bonchev–Trinajstić information content (AvgIpc) is 3.03. The first-order valence-electron chi connectivity index (χ1n) is 10.7. The highest BCUT2D eigenvalue weighted by atomic mass is 127. The third kappa shape index (κ3) is 6.85. The number of fused-ring (bicyclic) bond motifs is 1. The Hall–Kier alpha value is -1.84. The van der Waals surface area contributed by atoms with Crippen LogP contribution in [0.3, 0.4) is 0 Å². The summed E-state index contributed by atoms with van der Waals surface area (Å²) in [6.07, 6.45) is 4.52. The number of aliphatic imine (C=N–C) groups is 1. The van der Waals surface area contributed by atoms with Crippen LogP contribution in [-0.2, 0) is 13.6 Å². The molecule has 1 aromatic heterocycles. The van der Waals surface area contributed by atoms with Gasteiger partial charge in [0.15, 0.2) is 11.8 Å². The molecule has 0 fully saturated rings. The number of para-hydroxylation sites is 1. The monoisotopic (exact) mass is 526 g/mol. The highest BCUT2D eigenvalue weighted by Crippen LogP contribution is 2.31. The summed E-state index contributed by atoms with van der Waals surface area (Å²) in [5.41, 5.74) is 1.18. The second-order valence-electron chi connectivity index (χ2n) is 8.08.